The highest BCUT2D eigenvalue weighted by molar-refractivity contribution is 5.48. The van der Waals surface area contributed by atoms with Gasteiger partial charge in [-0.05, 0) is 6.07 Å². The number of para-hydroxylation sites is 1. The smallest absolute Gasteiger partial charge is 0.231 e. The van der Waals surface area contributed by atoms with E-state index in [0.717, 1.165) is 30.2 Å². The van der Waals surface area contributed by atoms with Crippen LogP contribution in [0.5, 0.6) is 11.5 Å². The molecule has 118 valence electrons. The number of hydrogen-bond donors (Lipinski definition) is 1. The van der Waals surface area contributed by atoms with E-state index in [2.05, 4.69) is 5.32 Å². The van der Waals surface area contributed by atoms with Crippen LogP contribution in [0.1, 0.15) is 5.56 Å². The highest BCUT2D eigenvalue weighted by Crippen LogP contribution is 2.35. The van der Waals surface area contributed by atoms with Crippen LogP contribution in [0.15, 0.2) is 18.2 Å². The average molecular weight is 297 g/mol. The van der Waals surface area contributed by atoms with E-state index in [1.54, 1.807) is 7.11 Å². The van der Waals surface area contributed by atoms with Gasteiger partial charge in [0.1, 0.15) is 0 Å². The highest BCUT2D eigenvalue weighted by atomic mass is 16.7. The lowest BCUT2D eigenvalue weighted by atomic mass is 10.2. The molecular formula is C15H23NO5. The van der Waals surface area contributed by atoms with Crippen molar-refractivity contribution < 1.29 is 23.7 Å². The molecule has 2 rings (SSSR count). The first-order valence-corrected chi connectivity index (χ1v) is 7.14. The maximum Gasteiger partial charge on any atom is 0.231 e. The fraction of sp³-hybridized carbons (Fsp3) is 0.600. The number of hydrogen-bond acceptors (Lipinski definition) is 6. The van der Waals surface area contributed by atoms with Crippen molar-refractivity contribution in [3.8, 4) is 11.5 Å². The zero-order valence-corrected chi connectivity index (χ0v) is 12.4. The first kappa shape index (κ1) is 16.0. The molecule has 0 spiro atoms. The minimum atomic E-state index is 0.304. The summed E-state index contributed by atoms with van der Waals surface area (Å²) in [6, 6.07) is 5.92. The van der Waals surface area contributed by atoms with Crippen molar-refractivity contribution >= 4 is 0 Å². The molecule has 0 radical (unpaired) electrons. The Morgan fingerprint density at radius 3 is 2.71 bits per heavy atom. The molecule has 0 aliphatic carbocycles. The van der Waals surface area contributed by atoms with Gasteiger partial charge in [0.25, 0.3) is 0 Å². The number of rotatable bonds is 11. The van der Waals surface area contributed by atoms with Crippen molar-refractivity contribution in [2.45, 2.75) is 6.54 Å². The molecule has 0 bridgehead atoms. The van der Waals surface area contributed by atoms with Crippen LogP contribution in [0.4, 0.5) is 0 Å². The van der Waals surface area contributed by atoms with Crippen LogP contribution in [-0.2, 0) is 20.8 Å². The van der Waals surface area contributed by atoms with Gasteiger partial charge in [-0.2, -0.15) is 0 Å². The lowest BCUT2D eigenvalue weighted by Gasteiger charge is -2.08. The number of methoxy groups -OCH3 is 1. The molecule has 0 amide bonds. The zero-order chi connectivity index (χ0) is 14.8. The van der Waals surface area contributed by atoms with Gasteiger partial charge in [-0.15, -0.1) is 0 Å². The van der Waals surface area contributed by atoms with Crippen LogP contribution in [-0.4, -0.2) is 53.5 Å². The average Bonchev–Trinajstić information content (AvgIpc) is 2.98. The van der Waals surface area contributed by atoms with Crippen molar-refractivity contribution in [1.29, 1.82) is 0 Å². The predicted molar refractivity (Wildman–Crippen MR) is 77.8 cm³/mol. The SMILES string of the molecule is COCCOCCOCCNCc1cccc2c1OCO2. The molecule has 6 nitrogen and oxygen atoms in total. The quantitative estimate of drug-likeness (QED) is 0.619. The maximum absolute atomic E-state index is 5.46. The van der Waals surface area contributed by atoms with E-state index in [4.69, 9.17) is 23.7 Å². The summed E-state index contributed by atoms with van der Waals surface area (Å²) < 4.78 is 26.4. The standard InChI is InChI=1S/C15H23NO5/c1-17-7-8-19-10-9-18-6-5-16-11-13-3-2-4-14-15(13)21-12-20-14/h2-4,16H,5-12H2,1H3. The molecule has 1 N–H and O–H groups in total. The van der Waals surface area contributed by atoms with Crippen LogP contribution >= 0.6 is 0 Å². The Kier molecular flexibility index (Phi) is 7.31. The lowest BCUT2D eigenvalue weighted by Crippen LogP contribution is -2.20. The summed E-state index contributed by atoms with van der Waals surface area (Å²) in [4.78, 5) is 0. The largest absolute Gasteiger partial charge is 0.454 e. The van der Waals surface area contributed by atoms with E-state index in [0.29, 0.717) is 39.8 Å². The van der Waals surface area contributed by atoms with Crippen molar-refractivity contribution in [3.05, 3.63) is 23.8 Å². The van der Waals surface area contributed by atoms with Crippen LogP contribution in [0.3, 0.4) is 0 Å². The monoisotopic (exact) mass is 297 g/mol. The zero-order valence-electron chi connectivity index (χ0n) is 12.4. The summed E-state index contributed by atoms with van der Waals surface area (Å²) in [5, 5.41) is 3.32. The van der Waals surface area contributed by atoms with E-state index in [1.165, 1.54) is 0 Å². The predicted octanol–water partition coefficient (Wildman–Crippen LogP) is 1.18. The van der Waals surface area contributed by atoms with Gasteiger partial charge in [0.2, 0.25) is 6.79 Å². The third kappa shape index (κ3) is 5.51. The van der Waals surface area contributed by atoms with Crippen LogP contribution in [0, 0.1) is 0 Å². The molecule has 0 atom stereocenters. The van der Waals surface area contributed by atoms with Crippen molar-refractivity contribution in [3.63, 3.8) is 0 Å². The van der Waals surface area contributed by atoms with Gasteiger partial charge in [0.15, 0.2) is 11.5 Å². The molecule has 0 fully saturated rings. The third-order valence-corrected chi connectivity index (χ3v) is 3.02. The van der Waals surface area contributed by atoms with E-state index >= 15 is 0 Å². The fourth-order valence-corrected chi connectivity index (χ4v) is 1.96. The molecule has 1 aliphatic rings. The van der Waals surface area contributed by atoms with Gasteiger partial charge in [0.05, 0.1) is 33.0 Å². The van der Waals surface area contributed by atoms with Gasteiger partial charge in [-0.25, -0.2) is 0 Å². The van der Waals surface area contributed by atoms with Crippen molar-refractivity contribution in [2.75, 3.05) is 53.5 Å². The summed E-state index contributed by atoms with van der Waals surface area (Å²) in [6.45, 7) is 4.90. The van der Waals surface area contributed by atoms with E-state index in [-0.39, 0.29) is 0 Å². The molecule has 1 heterocycles. The first-order valence-electron chi connectivity index (χ1n) is 7.14. The minimum absolute atomic E-state index is 0.304. The van der Waals surface area contributed by atoms with Crippen LogP contribution < -0.4 is 14.8 Å². The molecule has 0 saturated heterocycles. The molecule has 1 aromatic rings. The van der Waals surface area contributed by atoms with E-state index in [1.807, 2.05) is 18.2 Å². The number of benzene rings is 1. The van der Waals surface area contributed by atoms with E-state index in [9.17, 15) is 0 Å². The molecule has 1 aliphatic heterocycles. The Morgan fingerprint density at radius 1 is 1.05 bits per heavy atom. The Hall–Kier alpha value is -1.34. The Balaban J connectivity index is 1.50. The van der Waals surface area contributed by atoms with E-state index < -0.39 is 0 Å². The normalized spacial score (nSPS) is 12.8. The Morgan fingerprint density at radius 2 is 1.86 bits per heavy atom. The second-order valence-corrected chi connectivity index (χ2v) is 4.55. The number of fused-ring (bicyclic) bond motifs is 1. The van der Waals surface area contributed by atoms with Crippen LogP contribution in [0.25, 0.3) is 0 Å². The lowest BCUT2D eigenvalue weighted by molar-refractivity contribution is 0.0255. The summed E-state index contributed by atoms with van der Waals surface area (Å²) in [5.41, 5.74) is 1.10. The van der Waals surface area contributed by atoms with Gasteiger partial charge in [-0.3, -0.25) is 0 Å². The molecule has 21 heavy (non-hydrogen) atoms. The summed E-state index contributed by atoms with van der Waals surface area (Å²) >= 11 is 0. The summed E-state index contributed by atoms with van der Waals surface area (Å²) in [6.07, 6.45) is 0. The van der Waals surface area contributed by atoms with Gasteiger partial charge in [0, 0.05) is 25.8 Å². The molecule has 0 unspecified atom stereocenters. The van der Waals surface area contributed by atoms with Gasteiger partial charge < -0.3 is 29.0 Å². The first-order chi connectivity index (χ1) is 10.4. The van der Waals surface area contributed by atoms with Crippen molar-refractivity contribution in [2.24, 2.45) is 0 Å². The second-order valence-electron chi connectivity index (χ2n) is 4.55. The third-order valence-electron chi connectivity index (χ3n) is 3.02. The van der Waals surface area contributed by atoms with Gasteiger partial charge >= 0.3 is 0 Å². The number of ether oxygens (including phenoxy) is 5. The highest BCUT2D eigenvalue weighted by Gasteiger charge is 2.16. The molecule has 6 heteroatoms. The van der Waals surface area contributed by atoms with Crippen molar-refractivity contribution in [1.82, 2.24) is 5.32 Å². The summed E-state index contributed by atoms with van der Waals surface area (Å²) in [5.74, 6) is 1.66. The Labute approximate surface area is 125 Å². The molecule has 1 aromatic carbocycles. The topological polar surface area (TPSA) is 58.2 Å². The fourth-order valence-electron chi connectivity index (χ4n) is 1.96. The Bertz CT molecular complexity index is 413. The minimum Gasteiger partial charge on any atom is -0.454 e. The molecule has 0 saturated carbocycles. The molecule has 0 aromatic heterocycles. The molecular weight excluding hydrogens is 274 g/mol. The second kappa shape index (κ2) is 9.57. The number of nitrogens with one attached hydrogen (secondary N) is 1. The van der Waals surface area contributed by atoms with Crippen LogP contribution in [0.2, 0.25) is 0 Å². The summed E-state index contributed by atoms with van der Waals surface area (Å²) in [7, 11) is 1.66. The maximum atomic E-state index is 5.46. The van der Waals surface area contributed by atoms with Gasteiger partial charge in [-0.1, -0.05) is 12.1 Å².